The second-order valence-corrected chi connectivity index (χ2v) is 12.1. The van der Waals surface area contributed by atoms with Gasteiger partial charge < -0.3 is 28.8 Å². The maximum Gasteiger partial charge on any atom is 0.253 e. The van der Waals surface area contributed by atoms with Crippen LogP contribution in [-0.2, 0) is 21.7 Å². The summed E-state index contributed by atoms with van der Waals surface area (Å²) in [5.41, 5.74) is 5.46. The van der Waals surface area contributed by atoms with Crippen molar-refractivity contribution in [2.75, 3.05) is 14.2 Å². The smallest absolute Gasteiger partial charge is 0.253 e. The van der Waals surface area contributed by atoms with Gasteiger partial charge in [-0.15, -0.1) is 0 Å². The summed E-state index contributed by atoms with van der Waals surface area (Å²) in [7, 11) is 3.57. The number of amides is 2. The maximum absolute atomic E-state index is 13.9. The molecule has 3 aliphatic rings. The van der Waals surface area contributed by atoms with Crippen molar-refractivity contribution in [2.45, 2.75) is 44.0 Å². The third kappa shape index (κ3) is 2.97. The van der Waals surface area contributed by atoms with Gasteiger partial charge in [-0.3, -0.25) is 9.59 Å². The fraction of sp³-hybridized carbons (Fsp3) is 0.257. The molecule has 0 aliphatic carbocycles. The van der Waals surface area contributed by atoms with Gasteiger partial charge in [-0.25, -0.2) is 0 Å². The maximum atomic E-state index is 13.9. The molecule has 1 N–H and O–H groups in total. The van der Waals surface area contributed by atoms with Gasteiger partial charge in [0.2, 0.25) is 0 Å². The number of nitrogens with zero attached hydrogens (tertiary/aromatic N) is 3. The molecule has 0 radical (unpaired) electrons. The lowest BCUT2D eigenvalue weighted by Gasteiger charge is -2.50. The molecule has 8 heteroatoms. The molecule has 4 atom stereocenters. The average molecular weight is 571 g/mol. The molecule has 5 heterocycles. The molecular formula is C35H30N4O4. The Kier molecular flexibility index (Phi) is 4.90. The Hall–Kier alpha value is -4.66. The number of carbonyl (C=O) groups is 2. The zero-order chi connectivity index (χ0) is 29.2. The van der Waals surface area contributed by atoms with E-state index in [0.717, 1.165) is 54.7 Å². The molecule has 9 rings (SSSR count). The van der Waals surface area contributed by atoms with E-state index in [1.54, 1.807) is 7.11 Å². The average Bonchev–Trinajstić information content (AvgIpc) is 3.68. The molecule has 2 amide bonds. The summed E-state index contributed by atoms with van der Waals surface area (Å²) in [6, 6.07) is 25.7. The lowest BCUT2D eigenvalue weighted by molar-refractivity contribution is -0.264. The van der Waals surface area contributed by atoms with Crippen LogP contribution in [0.5, 0.6) is 0 Å². The van der Waals surface area contributed by atoms with Crippen LogP contribution in [0.3, 0.4) is 0 Å². The second kappa shape index (κ2) is 8.46. The number of nitrogens with one attached hydrogen (secondary N) is 1. The van der Waals surface area contributed by atoms with Crippen molar-refractivity contribution in [3.63, 3.8) is 0 Å². The normalized spacial score (nSPS) is 24.2. The highest BCUT2D eigenvalue weighted by Crippen LogP contribution is 2.54. The Morgan fingerprint density at radius 1 is 0.953 bits per heavy atom. The van der Waals surface area contributed by atoms with Gasteiger partial charge in [-0.1, -0.05) is 54.6 Å². The van der Waals surface area contributed by atoms with Crippen molar-refractivity contribution in [1.82, 2.24) is 19.4 Å². The first-order valence-electron chi connectivity index (χ1n) is 14.8. The number of ether oxygens (including phenoxy) is 2. The van der Waals surface area contributed by atoms with Crippen LogP contribution in [0.4, 0.5) is 0 Å². The van der Waals surface area contributed by atoms with Crippen LogP contribution in [0.15, 0.2) is 78.9 Å². The standard InChI is InChI=1S/C35H30N4O4/c1-35-32(42-3)25(37(2)34(41)19-11-5-4-6-12-19)17-26(43-35)38-23-15-9-7-13-20(23)28-29-22(18-36-33(29)40)27-21-14-8-10-16-24(21)39(35)31(27)30(28)38/h4-16,25-26,32H,17-18H2,1-3H3,(H,36,40)/t25-,26-,32-,35-/m0/s1. The van der Waals surface area contributed by atoms with E-state index in [1.807, 2.05) is 66.5 Å². The van der Waals surface area contributed by atoms with E-state index in [4.69, 9.17) is 9.47 Å². The molecule has 4 aromatic carbocycles. The molecule has 1 fully saturated rings. The predicted molar refractivity (Wildman–Crippen MR) is 165 cm³/mol. The van der Waals surface area contributed by atoms with E-state index in [2.05, 4.69) is 45.6 Å². The molecule has 0 unspecified atom stereocenters. The predicted octanol–water partition coefficient (Wildman–Crippen LogP) is 5.91. The van der Waals surface area contributed by atoms with Crippen LogP contribution in [-0.4, -0.2) is 52.2 Å². The zero-order valence-corrected chi connectivity index (χ0v) is 24.1. The summed E-state index contributed by atoms with van der Waals surface area (Å²) in [5.74, 6) is -0.107. The van der Waals surface area contributed by atoms with Gasteiger partial charge in [0.1, 0.15) is 12.3 Å². The van der Waals surface area contributed by atoms with Crippen molar-refractivity contribution in [3.8, 4) is 0 Å². The number of likely N-dealkylation sites (N-methyl/N-ethyl adjacent to an activating group) is 1. The van der Waals surface area contributed by atoms with Gasteiger partial charge in [0, 0.05) is 54.2 Å². The number of rotatable bonds is 3. The molecule has 0 spiro atoms. The Bertz CT molecular complexity index is 2180. The number of hydrogen-bond donors (Lipinski definition) is 1. The Morgan fingerprint density at radius 3 is 2.37 bits per heavy atom. The topological polar surface area (TPSA) is 77.7 Å². The van der Waals surface area contributed by atoms with E-state index in [1.165, 1.54) is 0 Å². The second-order valence-electron chi connectivity index (χ2n) is 12.1. The van der Waals surface area contributed by atoms with E-state index >= 15 is 0 Å². The zero-order valence-electron chi connectivity index (χ0n) is 24.1. The molecule has 0 saturated carbocycles. The molecule has 3 aliphatic heterocycles. The van der Waals surface area contributed by atoms with Crippen LogP contribution in [0.2, 0.25) is 0 Å². The highest BCUT2D eigenvalue weighted by molar-refractivity contribution is 6.31. The third-order valence-electron chi connectivity index (χ3n) is 10.0. The minimum atomic E-state index is -0.980. The Labute approximate surface area is 247 Å². The molecule has 43 heavy (non-hydrogen) atoms. The van der Waals surface area contributed by atoms with Crippen LogP contribution in [0.1, 0.15) is 45.9 Å². The molecule has 1 saturated heterocycles. The summed E-state index contributed by atoms with van der Waals surface area (Å²) in [5, 5.41) is 7.24. The third-order valence-corrected chi connectivity index (χ3v) is 10.0. The van der Waals surface area contributed by atoms with Gasteiger partial charge >= 0.3 is 0 Å². The van der Waals surface area contributed by atoms with Gasteiger partial charge in [0.05, 0.1) is 33.7 Å². The largest absolute Gasteiger partial charge is 0.374 e. The molecule has 214 valence electrons. The van der Waals surface area contributed by atoms with Crippen molar-refractivity contribution >= 4 is 55.4 Å². The molecule has 2 bridgehead atoms. The fourth-order valence-electron chi connectivity index (χ4n) is 8.33. The SMILES string of the molecule is CO[C@H]1[C@@H](N(C)C(=O)c2ccccc2)C[C@@H]2O[C@]1(C)n1c3ccccc3c3c4c(c5c6ccccc6n2c5c31)C(=O)NC4. The molecule has 2 aromatic heterocycles. The summed E-state index contributed by atoms with van der Waals surface area (Å²) in [4.78, 5) is 29.2. The highest BCUT2D eigenvalue weighted by Gasteiger charge is 2.55. The first-order valence-corrected chi connectivity index (χ1v) is 14.8. The number of para-hydroxylation sites is 2. The van der Waals surface area contributed by atoms with E-state index in [0.29, 0.717) is 18.5 Å². The van der Waals surface area contributed by atoms with Crippen molar-refractivity contribution in [2.24, 2.45) is 0 Å². The van der Waals surface area contributed by atoms with Crippen molar-refractivity contribution in [3.05, 3.63) is 95.6 Å². The number of methoxy groups -OCH3 is 1. The van der Waals surface area contributed by atoms with E-state index in [-0.39, 0.29) is 17.9 Å². The fourth-order valence-corrected chi connectivity index (χ4v) is 8.33. The molecule has 6 aromatic rings. The lowest BCUT2D eigenvalue weighted by atomic mass is 9.91. The summed E-state index contributed by atoms with van der Waals surface area (Å²) in [6.07, 6.45) is -0.386. The monoisotopic (exact) mass is 570 g/mol. The first kappa shape index (κ1) is 24.9. The summed E-state index contributed by atoms with van der Waals surface area (Å²) >= 11 is 0. The van der Waals surface area contributed by atoms with Crippen LogP contribution < -0.4 is 5.32 Å². The van der Waals surface area contributed by atoms with E-state index in [9.17, 15) is 9.59 Å². The number of benzene rings is 4. The van der Waals surface area contributed by atoms with Gasteiger partial charge in [0.25, 0.3) is 11.8 Å². The number of fused-ring (bicyclic) bond motifs is 13. The minimum Gasteiger partial charge on any atom is -0.374 e. The quantitative estimate of drug-likeness (QED) is 0.287. The number of carbonyl (C=O) groups excluding carboxylic acids is 2. The first-order chi connectivity index (χ1) is 20.9. The van der Waals surface area contributed by atoms with Crippen LogP contribution >= 0.6 is 0 Å². The van der Waals surface area contributed by atoms with Crippen molar-refractivity contribution in [1.29, 1.82) is 0 Å². The number of aromatic nitrogens is 2. The van der Waals surface area contributed by atoms with Gasteiger partial charge in [0.15, 0.2) is 5.72 Å². The minimum absolute atomic E-state index is 0.0446. The Balaban J connectivity index is 1.43. The van der Waals surface area contributed by atoms with Crippen LogP contribution in [0, 0.1) is 0 Å². The highest BCUT2D eigenvalue weighted by atomic mass is 16.6. The van der Waals surface area contributed by atoms with Gasteiger partial charge in [-0.2, -0.15) is 0 Å². The molecular weight excluding hydrogens is 540 g/mol. The summed E-state index contributed by atoms with van der Waals surface area (Å²) in [6.45, 7) is 2.56. The summed E-state index contributed by atoms with van der Waals surface area (Å²) < 4.78 is 18.1. The van der Waals surface area contributed by atoms with Gasteiger partial charge in [-0.05, 0) is 36.8 Å². The van der Waals surface area contributed by atoms with E-state index < -0.39 is 18.1 Å². The lowest BCUT2D eigenvalue weighted by Crippen LogP contribution is -2.61. The number of hydrogen-bond acceptors (Lipinski definition) is 4. The van der Waals surface area contributed by atoms with Crippen LogP contribution in [0.25, 0.3) is 43.6 Å². The molecule has 8 nitrogen and oxygen atoms in total. The Morgan fingerprint density at radius 2 is 1.63 bits per heavy atom. The van der Waals surface area contributed by atoms with Crippen molar-refractivity contribution < 1.29 is 19.1 Å².